The summed E-state index contributed by atoms with van der Waals surface area (Å²) in [6, 6.07) is 12.2. The van der Waals surface area contributed by atoms with Gasteiger partial charge in [-0.3, -0.25) is 4.99 Å². The largest absolute Gasteiger partial charge is 0.493 e. The van der Waals surface area contributed by atoms with Crippen LogP contribution in [0.1, 0.15) is 23.2 Å². The summed E-state index contributed by atoms with van der Waals surface area (Å²) in [5.41, 5.74) is 4.63. The highest BCUT2D eigenvalue weighted by Crippen LogP contribution is 2.33. The molecule has 3 aliphatic rings. The van der Waals surface area contributed by atoms with Gasteiger partial charge in [-0.1, -0.05) is 18.3 Å². The number of hydrogen-bond donors (Lipinski definition) is 3. The van der Waals surface area contributed by atoms with Crippen LogP contribution in [0.2, 0.25) is 0 Å². The Morgan fingerprint density at radius 2 is 1.89 bits per heavy atom. The molecule has 0 aromatic heterocycles. The zero-order chi connectivity index (χ0) is 26.6. The fourth-order valence-corrected chi connectivity index (χ4v) is 5.51. The lowest BCUT2D eigenvalue weighted by molar-refractivity contribution is 0.0697. The number of piperidine rings is 1. The van der Waals surface area contributed by atoms with Crippen LogP contribution in [0.25, 0.3) is 0 Å². The highest BCUT2D eigenvalue weighted by atomic mass is 32.2. The smallest absolute Gasteiger partial charge is 0.335 e. The van der Waals surface area contributed by atoms with Gasteiger partial charge in [0, 0.05) is 42.1 Å². The molecule has 0 radical (unpaired) electrons. The molecule has 0 aliphatic carbocycles. The number of hydrogen-bond acceptors (Lipinski definition) is 10. The van der Waals surface area contributed by atoms with Crippen LogP contribution in [0.3, 0.4) is 0 Å². The van der Waals surface area contributed by atoms with E-state index in [0.717, 1.165) is 48.8 Å². The van der Waals surface area contributed by atoms with Gasteiger partial charge >= 0.3 is 5.97 Å². The summed E-state index contributed by atoms with van der Waals surface area (Å²) in [5, 5.41) is 15.8. The Bertz CT molecular complexity index is 1310. The summed E-state index contributed by atoms with van der Waals surface area (Å²) >= 11 is 1.59. The van der Waals surface area contributed by atoms with E-state index in [1.54, 1.807) is 50.2 Å². The Balaban J connectivity index is 1.30. The van der Waals surface area contributed by atoms with Crippen molar-refractivity contribution in [2.45, 2.75) is 24.3 Å². The normalized spacial score (nSPS) is 22.2. The molecule has 3 unspecified atom stereocenters. The molecule has 0 bridgehead atoms. The molecule has 3 atom stereocenters. The van der Waals surface area contributed by atoms with Gasteiger partial charge in [-0.05, 0) is 49.2 Å². The molecule has 0 spiro atoms. The van der Waals surface area contributed by atoms with Crippen LogP contribution >= 0.6 is 11.8 Å². The van der Waals surface area contributed by atoms with Crippen molar-refractivity contribution in [1.29, 1.82) is 0 Å². The summed E-state index contributed by atoms with van der Waals surface area (Å²) in [4.78, 5) is 27.8. The number of anilines is 2. The van der Waals surface area contributed by atoms with E-state index in [0.29, 0.717) is 17.5 Å². The Morgan fingerprint density at radius 1 is 1.13 bits per heavy atom. The van der Waals surface area contributed by atoms with Crippen molar-refractivity contribution in [3.05, 3.63) is 60.3 Å². The van der Waals surface area contributed by atoms with Crippen molar-refractivity contribution in [1.82, 2.24) is 4.90 Å². The molecule has 3 heterocycles. The number of methoxy groups -OCH3 is 2. The first-order chi connectivity index (χ1) is 18.4. The summed E-state index contributed by atoms with van der Waals surface area (Å²) in [6.07, 6.45) is 1.97. The lowest BCUT2D eigenvalue weighted by Gasteiger charge is -2.36. The third-order valence-corrected chi connectivity index (χ3v) is 7.61. The maximum atomic E-state index is 11.1. The number of carboxylic acid groups (broad SMARTS) is 1. The van der Waals surface area contributed by atoms with Crippen molar-refractivity contribution in [3.8, 4) is 11.5 Å². The minimum atomic E-state index is -0.944. The third kappa shape index (κ3) is 5.47. The van der Waals surface area contributed by atoms with E-state index in [4.69, 9.17) is 24.6 Å². The summed E-state index contributed by atoms with van der Waals surface area (Å²) < 4.78 is 10.8. The standard InChI is InChI=1S/C27H30N6O4S/c1-16(29-19-8-6-17(7-9-19)26(34)35)18-5-4-12-33(14-18)27-31-24(23-25(32-27)38-15-28-23)30-20-10-11-21(36-2)22(13-20)37-3/h6-11,13,15,18,23,25,29H,1,4-5,12,14H2,2-3H3,(H,34,35)(H,30,31,32). The van der Waals surface area contributed by atoms with Gasteiger partial charge in [0.25, 0.3) is 0 Å². The second-order valence-corrected chi connectivity index (χ2v) is 10.1. The number of carboxylic acids is 1. The number of rotatable bonds is 7. The van der Waals surface area contributed by atoms with Crippen molar-refractivity contribution in [3.63, 3.8) is 0 Å². The number of thioether (sulfide) groups is 1. The van der Waals surface area contributed by atoms with Gasteiger partial charge in [0.1, 0.15) is 17.3 Å². The van der Waals surface area contributed by atoms with Crippen LogP contribution in [-0.4, -0.2) is 72.0 Å². The lowest BCUT2D eigenvalue weighted by atomic mass is 9.95. The maximum absolute atomic E-state index is 11.1. The number of aliphatic imine (C=N–C) groups is 3. The number of carbonyl (C=O) groups is 1. The summed E-state index contributed by atoms with van der Waals surface area (Å²) in [5.74, 6) is 1.96. The number of benzene rings is 2. The monoisotopic (exact) mass is 534 g/mol. The molecule has 5 rings (SSSR count). The predicted molar refractivity (Wildman–Crippen MR) is 152 cm³/mol. The molecule has 0 saturated carbocycles. The molecular formula is C27H30N6O4S. The molecule has 3 N–H and O–H groups in total. The Kier molecular flexibility index (Phi) is 7.54. The minimum absolute atomic E-state index is 0.0698. The number of fused-ring (bicyclic) bond motifs is 1. The van der Waals surface area contributed by atoms with Gasteiger partial charge in [-0.25, -0.2) is 9.79 Å². The molecule has 1 saturated heterocycles. The van der Waals surface area contributed by atoms with E-state index in [-0.39, 0.29) is 22.9 Å². The lowest BCUT2D eigenvalue weighted by Crippen LogP contribution is -2.45. The van der Waals surface area contributed by atoms with Crippen LogP contribution in [-0.2, 0) is 0 Å². The summed E-state index contributed by atoms with van der Waals surface area (Å²) in [6.45, 7) is 5.86. The Morgan fingerprint density at radius 3 is 2.63 bits per heavy atom. The molecule has 198 valence electrons. The number of ether oxygens (including phenoxy) is 2. The molecule has 11 heteroatoms. The van der Waals surface area contributed by atoms with Gasteiger partial charge < -0.3 is 30.1 Å². The molecule has 38 heavy (non-hydrogen) atoms. The molecule has 0 amide bonds. The first-order valence-electron chi connectivity index (χ1n) is 12.3. The highest BCUT2D eigenvalue weighted by Gasteiger charge is 2.36. The molecular weight excluding hydrogens is 504 g/mol. The fraction of sp³-hybridized carbons (Fsp3) is 0.333. The first kappa shape index (κ1) is 25.7. The van der Waals surface area contributed by atoms with Gasteiger partial charge in [0.05, 0.1) is 25.3 Å². The average Bonchev–Trinajstić information content (AvgIpc) is 3.42. The number of amidine groups is 1. The second-order valence-electron chi connectivity index (χ2n) is 9.16. The second kappa shape index (κ2) is 11.2. The van der Waals surface area contributed by atoms with Crippen molar-refractivity contribution >= 4 is 46.4 Å². The predicted octanol–water partition coefficient (Wildman–Crippen LogP) is 4.39. The zero-order valence-electron chi connectivity index (χ0n) is 21.3. The SMILES string of the molecule is C=C(Nc1ccc(C(=O)O)cc1)C1CCCN(C2=NC3SC=NC3C(Nc3ccc(OC)c(OC)c3)=N2)C1. The van der Waals surface area contributed by atoms with E-state index in [1.807, 2.05) is 23.7 Å². The molecule has 1 fully saturated rings. The Hall–Kier alpha value is -3.99. The maximum Gasteiger partial charge on any atom is 0.335 e. The number of guanidine groups is 1. The number of likely N-dealkylation sites (tertiary alicyclic amines) is 1. The average molecular weight is 535 g/mol. The van der Waals surface area contributed by atoms with Crippen LogP contribution < -0.4 is 20.1 Å². The van der Waals surface area contributed by atoms with Crippen molar-refractivity contribution in [2.24, 2.45) is 20.9 Å². The van der Waals surface area contributed by atoms with E-state index >= 15 is 0 Å². The molecule has 2 aromatic carbocycles. The number of nitrogens with one attached hydrogen (secondary N) is 2. The molecule has 10 nitrogen and oxygen atoms in total. The van der Waals surface area contributed by atoms with E-state index in [1.165, 1.54) is 0 Å². The van der Waals surface area contributed by atoms with Crippen molar-refractivity contribution in [2.75, 3.05) is 37.9 Å². The Labute approximate surface area is 225 Å². The van der Waals surface area contributed by atoms with Crippen LogP contribution in [0.4, 0.5) is 11.4 Å². The van der Waals surface area contributed by atoms with E-state index in [9.17, 15) is 4.79 Å². The van der Waals surface area contributed by atoms with Gasteiger partial charge in [0.15, 0.2) is 11.5 Å². The van der Waals surface area contributed by atoms with Crippen LogP contribution in [0, 0.1) is 5.92 Å². The highest BCUT2D eigenvalue weighted by molar-refractivity contribution is 8.13. The summed E-state index contributed by atoms with van der Waals surface area (Å²) in [7, 11) is 3.22. The first-order valence-corrected chi connectivity index (χ1v) is 13.3. The number of nitrogens with zero attached hydrogens (tertiary/aromatic N) is 4. The molecule has 3 aliphatic heterocycles. The van der Waals surface area contributed by atoms with Gasteiger partial charge in [0.2, 0.25) is 5.96 Å². The third-order valence-electron chi connectivity index (χ3n) is 6.72. The van der Waals surface area contributed by atoms with E-state index < -0.39 is 5.97 Å². The minimum Gasteiger partial charge on any atom is -0.493 e. The fourth-order valence-electron chi connectivity index (χ4n) is 4.68. The molecule has 2 aromatic rings. The van der Waals surface area contributed by atoms with Crippen molar-refractivity contribution < 1.29 is 19.4 Å². The van der Waals surface area contributed by atoms with E-state index in [2.05, 4.69) is 27.1 Å². The zero-order valence-corrected chi connectivity index (χ0v) is 22.1. The van der Waals surface area contributed by atoms with Crippen LogP contribution in [0.15, 0.2) is 69.7 Å². The van der Waals surface area contributed by atoms with Gasteiger partial charge in [-0.15, -0.1) is 0 Å². The van der Waals surface area contributed by atoms with Crippen LogP contribution in [0.5, 0.6) is 11.5 Å². The topological polar surface area (TPSA) is 120 Å². The quantitative estimate of drug-likeness (QED) is 0.479. The van der Waals surface area contributed by atoms with Gasteiger partial charge in [-0.2, -0.15) is 4.99 Å². The number of aromatic carboxylic acids is 1.